The standard InChI is InChI=1S/C14H14N2O2/c1-8(2)9-6-10(15)13-11(7-9)16-14(18-13)12-4-3-5-17-12/h3-8H,15H2,1-2H3. The van der Waals surface area contributed by atoms with Crippen LogP contribution in [0.4, 0.5) is 5.69 Å². The molecule has 2 aromatic heterocycles. The maximum atomic E-state index is 6.00. The quantitative estimate of drug-likeness (QED) is 0.694. The lowest BCUT2D eigenvalue weighted by molar-refractivity contribution is 0.535. The molecule has 2 N–H and O–H groups in total. The predicted octanol–water partition coefficient (Wildman–Crippen LogP) is 3.79. The van der Waals surface area contributed by atoms with Crippen molar-refractivity contribution in [1.29, 1.82) is 0 Å². The first-order valence-electron chi connectivity index (χ1n) is 5.89. The summed E-state index contributed by atoms with van der Waals surface area (Å²) < 4.78 is 10.9. The number of oxazole rings is 1. The van der Waals surface area contributed by atoms with E-state index in [9.17, 15) is 0 Å². The molecule has 0 unspecified atom stereocenters. The van der Waals surface area contributed by atoms with Gasteiger partial charge in [0.1, 0.15) is 5.52 Å². The average Bonchev–Trinajstić information content (AvgIpc) is 2.96. The van der Waals surface area contributed by atoms with Gasteiger partial charge >= 0.3 is 0 Å². The topological polar surface area (TPSA) is 65.2 Å². The molecular formula is C14H14N2O2. The maximum Gasteiger partial charge on any atom is 0.264 e. The first kappa shape index (κ1) is 10.9. The summed E-state index contributed by atoms with van der Waals surface area (Å²) in [6, 6.07) is 7.55. The van der Waals surface area contributed by atoms with Gasteiger partial charge in [-0.05, 0) is 35.7 Å². The number of furan rings is 1. The van der Waals surface area contributed by atoms with Crippen LogP contribution in [0.15, 0.2) is 39.4 Å². The summed E-state index contributed by atoms with van der Waals surface area (Å²) in [5.41, 5.74) is 9.15. The molecule has 0 radical (unpaired) electrons. The van der Waals surface area contributed by atoms with Gasteiger partial charge in [-0.1, -0.05) is 13.8 Å². The number of hydrogen-bond donors (Lipinski definition) is 1. The molecule has 0 saturated carbocycles. The fourth-order valence-corrected chi connectivity index (χ4v) is 1.92. The van der Waals surface area contributed by atoms with Crippen molar-refractivity contribution in [3.05, 3.63) is 36.1 Å². The van der Waals surface area contributed by atoms with Crippen LogP contribution in [-0.2, 0) is 0 Å². The molecule has 1 aromatic carbocycles. The van der Waals surface area contributed by atoms with Gasteiger partial charge in [0.15, 0.2) is 11.3 Å². The fraction of sp³-hybridized carbons (Fsp3) is 0.214. The maximum absolute atomic E-state index is 6.00. The van der Waals surface area contributed by atoms with E-state index in [-0.39, 0.29) is 0 Å². The van der Waals surface area contributed by atoms with Crippen LogP contribution in [0.3, 0.4) is 0 Å². The largest absolute Gasteiger partial charge is 0.459 e. The Hall–Kier alpha value is -2.23. The number of nitrogen functional groups attached to an aromatic ring is 1. The molecule has 92 valence electrons. The van der Waals surface area contributed by atoms with Gasteiger partial charge in [-0.2, -0.15) is 0 Å². The lowest BCUT2D eigenvalue weighted by Crippen LogP contribution is -1.92. The second kappa shape index (κ2) is 3.91. The summed E-state index contributed by atoms with van der Waals surface area (Å²) in [6.07, 6.45) is 1.59. The van der Waals surface area contributed by atoms with Gasteiger partial charge in [-0.15, -0.1) is 0 Å². The molecule has 0 spiro atoms. The monoisotopic (exact) mass is 242 g/mol. The van der Waals surface area contributed by atoms with E-state index in [1.807, 2.05) is 18.2 Å². The van der Waals surface area contributed by atoms with E-state index in [1.54, 1.807) is 12.3 Å². The van der Waals surface area contributed by atoms with Crippen LogP contribution in [0.5, 0.6) is 0 Å². The Morgan fingerprint density at radius 1 is 1.28 bits per heavy atom. The third kappa shape index (κ3) is 1.66. The highest BCUT2D eigenvalue weighted by molar-refractivity contribution is 5.87. The van der Waals surface area contributed by atoms with E-state index in [4.69, 9.17) is 14.6 Å². The number of hydrogen-bond acceptors (Lipinski definition) is 4. The zero-order valence-corrected chi connectivity index (χ0v) is 10.3. The molecule has 0 aliphatic rings. The zero-order valence-electron chi connectivity index (χ0n) is 10.3. The fourth-order valence-electron chi connectivity index (χ4n) is 1.92. The second-order valence-corrected chi connectivity index (χ2v) is 4.61. The third-order valence-electron chi connectivity index (χ3n) is 2.94. The second-order valence-electron chi connectivity index (χ2n) is 4.61. The zero-order chi connectivity index (χ0) is 12.7. The molecule has 4 nitrogen and oxygen atoms in total. The highest BCUT2D eigenvalue weighted by Crippen LogP contribution is 2.31. The van der Waals surface area contributed by atoms with Crippen molar-refractivity contribution >= 4 is 16.8 Å². The van der Waals surface area contributed by atoms with Crippen LogP contribution < -0.4 is 5.73 Å². The Bertz CT molecular complexity index is 681. The van der Waals surface area contributed by atoms with Gasteiger partial charge in [-0.3, -0.25) is 0 Å². The first-order valence-corrected chi connectivity index (χ1v) is 5.89. The lowest BCUT2D eigenvalue weighted by Gasteiger charge is -2.05. The van der Waals surface area contributed by atoms with Crippen molar-refractivity contribution in [2.45, 2.75) is 19.8 Å². The van der Waals surface area contributed by atoms with Crippen LogP contribution in [-0.4, -0.2) is 4.98 Å². The molecule has 0 aliphatic heterocycles. The molecule has 0 atom stereocenters. The smallest absolute Gasteiger partial charge is 0.264 e. The molecule has 3 aromatic rings. The van der Waals surface area contributed by atoms with Crippen LogP contribution in [0.1, 0.15) is 25.3 Å². The van der Waals surface area contributed by atoms with Crippen molar-refractivity contribution in [1.82, 2.24) is 4.98 Å². The van der Waals surface area contributed by atoms with Gasteiger partial charge in [0.25, 0.3) is 5.89 Å². The van der Waals surface area contributed by atoms with Crippen molar-refractivity contribution in [3.63, 3.8) is 0 Å². The summed E-state index contributed by atoms with van der Waals surface area (Å²) in [4.78, 5) is 4.42. The third-order valence-corrected chi connectivity index (χ3v) is 2.94. The number of benzene rings is 1. The Labute approximate surface area is 104 Å². The summed E-state index contributed by atoms with van der Waals surface area (Å²) in [6.45, 7) is 4.24. The molecule has 0 bridgehead atoms. The number of nitrogens with two attached hydrogens (primary N) is 1. The summed E-state index contributed by atoms with van der Waals surface area (Å²) >= 11 is 0. The van der Waals surface area contributed by atoms with Crippen molar-refractivity contribution in [2.24, 2.45) is 0 Å². The van der Waals surface area contributed by atoms with Crippen molar-refractivity contribution in [3.8, 4) is 11.7 Å². The molecule has 0 amide bonds. The SMILES string of the molecule is CC(C)c1cc(N)c2oc(-c3ccco3)nc2c1. The molecule has 2 heterocycles. The minimum Gasteiger partial charge on any atom is -0.459 e. The van der Waals surface area contributed by atoms with Gasteiger partial charge in [0.2, 0.25) is 0 Å². The lowest BCUT2D eigenvalue weighted by atomic mass is 10.0. The number of aromatic nitrogens is 1. The Morgan fingerprint density at radius 2 is 2.11 bits per heavy atom. The van der Waals surface area contributed by atoms with Crippen LogP contribution in [0.2, 0.25) is 0 Å². The van der Waals surface area contributed by atoms with E-state index in [0.29, 0.717) is 28.8 Å². The van der Waals surface area contributed by atoms with Gasteiger partial charge in [0.05, 0.1) is 12.0 Å². The predicted molar refractivity (Wildman–Crippen MR) is 70.2 cm³/mol. The minimum absolute atomic E-state index is 0.403. The number of rotatable bonds is 2. The van der Waals surface area contributed by atoms with Crippen LogP contribution in [0.25, 0.3) is 22.8 Å². The molecule has 4 heteroatoms. The number of nitrogens with zero attached hydrogens (tertiary/aromatic N) is 1. The van der Waals surface area contributed by atoms with Crippen molar-refractivity contribution in [2.75, 3.05) is 5.73 Å². The molecule has 18 heavy (non-hydrogen) atoms. The minimum atomic E-state index is 0.403. The highest BCUT2D eigenvalue weighted by atomic mass is 16.4. The van der Waals surface area contributed by atoms with Crippen LogP contribution in [0, 0.1) is 0 Å². The molecule has 0 saturated heterocycles. The van der Waals surface area contributed by atoms with E-state index in [0.717, 1.165) is 11.1 Å². The van der Waals surface area contributed by atoms with Crippen LogP contribution >= 0.6 is 0 Å². The molecule has 0 fully saturated rings. The summed E-state index contributed by atoms with van der Waals surface area (Å²) in [5, 5.41) is 0. The normalized spacial score (nSPS) is 11.5. The first-order chi connectivity index (χ1) is 8.65. The van der Waals surface area contributed by atoms with Gasteiger partial charge < -0.3 is 14.6 Å². The van der Waals surface area contributed by atoms with E-state index >= 15 is 0 Å². The number of anilines is 1. The number of fused-ring (bicyclic) bond motifs is 1. The Kier molecular flexibility index (Phi) is 2.37. The highest BCUT2D eigenvalue weighted by Gasteiger charge is 2.14. The summed E-state index contributed by atoms with van der Waals surface area (Å²) in [5.74, 6) is 1.47. The summed E-state index contributed by atoms with van der Waals surface area (Å²) in [7, 11) is 0. The van der Waals surface area contributed by atoms with E-state index in [1.165, 1.54) is 0 Å². The van der Waals surface area contributed by atoms with E-state index in [2.05, 4.69) is 18.8 Å². The molecule has 0 aliphatic carbocycles. The Balaban J connectivity index is 2.20. The van der Waals surface area contributed by atoms with Gasteiger partial charge in [0, 0.05) is 0 Å². The van der Waals surface area contributed by atoms with E-state index < -0.39 is 0 Å². The van der Waals surface area contributed by atoms with Gasteiger partial charge in [-0.25, -0.2) is 4.98 Å². The Morgan fingerprint density at radius 3 is 2.78 bits per heavy atom. The average molecular weight is 242 g/mol. The van der Waals surface area contributed by atoms with Crippen molar-refractivity contribution < 1.29 is 8.83 Å². The molecular weight excluding hydrogens is 228 g/mol. The molecule has 3 rings (SSSR count).